The first-order chi connectivity index (χ1) is 12.7. The van der Waals surface area contributed by atoms with Crippen molar-refractivity contribution in [3.63, 3.8) is 0 Å². The van der Waals surface area contributed by atoms with Crippen LogP contribution in [0.1, 0.15) is 6.42 Å². The summed E-state index contributed by atoms with van der Waals surface area (Å²) in [4.78, 5) is 24.2. The molecule has 4 rings (SSSR count). The van der Waals surface area contributed by atoms with E-state index in [4.69, 9.17) is 11.6 Å². The maximum atomic E-state index is 12.1. The molecule has 0 amide bonds. The molecule has 26 heavy (non-hydrogen) atoms. The topological polar surface area (TPSA) is 57.2 Å². The molecule has 0 unspecified atom stereocenters. The molecule has 1 N–H and O–H groups in total. The number of imidazole rings is 1. The number of hydrogen-bond donors (Lipinski definition) is 1. The highest BCUT2D eigenvalue weighted by Crippen LogP contribution is 2.16. The number of piperazine rings is 1. The third kappa shape index (κ3) is 3.61. The van der Waals surface area contributed by atoms with Crippen molar-refractivity contribution in [2.45, 2.75) is 13.0 Å². The highest BCUT2D eigenvalue weighted by atomic mass is 35.5. The first-order valence-electron chi connectivity index (χ1n) is 8.97. The number of aryl methyl sites for hydroxylation is 1. The summed E-state index contributed by atoms with van der Waals surface area (Å²) in [5, 5.41) is 0.667. The Morgan fingerprint density at radius 2 is 1.85 bits per heavy atom. The number of fused-ring (bicyclic) bond motifs is 1. The first-order valence-corrected chi connectivity index (χ1v) is 9.35. The van der Waals surface area contributed by atoms with E-state index in [1.165, 1.54) is 0 Å². The molecule has 7 heteroatoms. The van der Waals surface area contributed by atoms with E-state index in [2.05, 4.69) is 19.8 Å². The Labute approximate surface area is 157 Å². The van der Waals surface area contributed by atoms with Crippen LogP contribution in [0.3, 0.4) is 0 Å². The number of pyridine rings is 1. The van der Waals surface area contributed by atoms with Gasteiger partial charge < -0.3 is 9.88 Å². The van der Waals surface area contributed by atoms with Crippen LogP contribution >= 0.6 is 11.6 Å². The fourth-order valence-electron chi connectivity index (χ4n) is 3.54. The number of para-hydroxylation sites is 2. The molecule has 136 valence electrons. The molecular weight excluding hydrogens is 350 g/mol. The predicted molar refractivity (Wildman–Crippen MR) is 105 cm³/mol. The Balaban J connectivity index is 1.29. The summed E-state index contributed by atoms with van der Waals surface area (Å²) in [6.07, 6.45) is 2.66. The second-order valence-electron chi connectivity index (χ2n) is 6.62. The van der Waals surface area contributed by atoms with E-state index in [1.54, 1.807) is 6.20 Å². The maximum absolute atomic E-state index is 12.1. The molecule has 1 aromatic carbocycles. The summed E-state index contributed by atoms with van der Waals surface area (Å²) in [5.41, 5.74) is 1.86. The van der Waals surface area contributed by atoms with Crippen molar-refractivity contribution < 1.29 is 0 Å². The zero-order chi connectivity index (χ0) is 17.9. The fraction of sp³-hybridized carbons (Fsp3) is 0.368. The lowest BCUT2D eigenvalue weighted by atomic mass is 10.2. The molecule has 0 spiro atoms. The molecule has 3 heterocycles. The number of rotatable bonds is 5. The molecule has 6 nitrogen and oxygen atoms in total. The lowest BCUT2D eigenvalue weighted by Crippen LogP contribution is -2.47. The van der Waals surface area contributed by atoms with E-state index >= 15 is 0 Å². The van der Waals surface area contributed by atoms with E-state index in [0.717, 1.165) is 62.5 Å². The van der Waals surface area contributed by atoms with Gasteiger partial charge in [0.2, 0.25) is 0 Å². The van der Waals surface area contributed by atoms with E-state index in [-0.39, 0.29) is 5.69 Å². The number of anilines is 1. The van der Waals surface area contributed by atoms with Crippen LogP contribution in [0.15, 0.2) is 47.4 Å². The molecular formula is C19H22ClN5O. The normalized spacial score (nSPS) is 15.7. The van der Waals surface area contributed by atoms with Gasteiger partial charge in [-0.1, -0.05) is 23.7 Å². The Hall–Kier alpha value is -2.31. The van der Waals surface area contributed by atoms with Crippen LogP contribution in [0, 0.1) is 0 Å². The van der Waals surface area contributed by atoms with Gasteiger partial charge in [0, 0.05) is 38.9 Å². The molecule has 0 saturated carbocycles. The van der Waals surface area contributed by atoms with E-state index in [9.17, 15) is 4.79 Å². The van der Waals surface area contributed by atoms with Crippen LogP contribution in [0.4, 0.5) is 5.82 Å². The molecule has 0 bridgehead atoms. The molecule has 1 aliphatic rings. The van der Waals surface area contributed by atoms with E-state index in [0.29, 0.717) is 5.02 Å². The average Bonchev–Trinajstić information content (AvgIpc) is 2.99. The lowest BCUT2D eigenvalue weighted by molar-refractivity contribution is 0.250. The summed E-state index contributed by atoms with van der Waals surface area (Å²) in [5.74, 6) is 0.986. The van der Waals surface area contributed by atoms with Gasteiger partial charge in [-0.15, -0.1) is 0 Å². The Morgan fingerprint density at radius 3 is 2.62 bits per heavy atom. The van der Waals surface area contributed by atoms with Crippen LogP contribution in [-0.2, 0) is 6.54 Å². The highest BCUT2D eigenvalue weighted by Gasteiger charge is 2.17. The van der Waals surface area contributed by atoms with Gasteiger partial charge in [-0.25, -0.2) is 9.78 Å². The second kappa shape index (κ2) is 7.51. The van der Waals surface area contributed by atoms with Crippen molar-refractivity contribution in [2.24, 2.45) is 0 Å². The van der Waals surface area contributed by atoms with Gasteiger partial charge in [0.1, 0.15) is 5.82 Å². The van der Waals surface area contributed by atoms with Crippen molar-refractivity contribution in [3.8, 4) is 0 Å². The number of nitrogens with zero attached hydrogens (tertiary/aromatic N) is 4. The van der Waals surface area contributed by atoms with Gasteiger partial charge in [-0.2, -0.15) is 0 Å². The van der Waals surface area contributed by atoms with Crippen molar-refractivity contribution in [3.05, 3.63) is 58.1 Å². The van der Waals surface area contributed by atoms with Crippen LogP contribution in [0.2, 0.25) is 5.02 Å². The van der Waals surface area contributed by atoms with Gasteiger partial charge in [-0.05, 0) is 37.2 Å². The minimum atomic E-state index is -0.0233. The van der Waals surface area contributed by atoms with Gasteiger partial charge >= 0.3 is 5.69 Å². The molecule has 2 aromatic heterocycles. The van der Waals surface area contributed by atoms with Gasteiger partial charge in [-0.3, -0.25) is 9.47 Å². The number of hydrogen-bond acceptors (Lipinski definition) is 4. The number of aromatic nitrogens is 3. The molecule has 3 aromatic rings. The van der Waals surface area contributed by atoms with E-state index in [1.807, 2.05) is 41.0 Å². The van der Waals surface area contributed by atoms with Crippen LogP contribution in [-0.4, -0.2) is 52.2 Å². The molecule has 0 aliphatic carbocycles. The fourth-order valence-corrected chi connectivity index (χ4v) is 3.65. The lowest BCUT2D eigenvalue weighted by Gasteiger charge is -2.35. The number of benzene rings is 1. The van der Waals surface area contributed by atoms with Crippen molar-refractivity contribution in [2.75, 3.05) is 37.6 Å². The van der Waals surface area contributed by atoms with Gasteiger partial charge in [0.05, 0.1) is 16.1 Å². The highest BCUT2D eigenvalue weighted by molar-refractivity contribution is 6.30. The number of aromatic amines is 1. The van der Waals surface area contributed by atoms with E-state index < -0.39 is 0 Å². The summed E-state index contributed by atoms with van der Waals surface area (Å²) in [7, 11) is 0. The predicted octanol–water partition coefficient (Wildman–Crippen LogP) is 2.59. The molecule has 0 atom stereocenters. The maximum Gasteiger partial charge on any atom is 0.326 e. The summed E-state index contributed by atoms with van der Waals surface area (Å²) in [6, 6.07) is 11.7. The second-order valence-corrected chi connectivity index (χ2v) is 7.05. The zero-order valence-electron chi connectivity index (χ0n) is 14.6. The van der Waals surface area contributed by atoms with Crippen LogP contribution in [0.5, 0.6) is 0 Å². The SMILES string of the molecule is O=c1[nH]c2ccccc2n1CCCN1CCN(c2ccc(Cl)cn2)CC1. The van der Waals surface area contributed by atoms with Gasteiger partial charge in [0.15, 0.2) is 0 Å². The first kappa shape index (κ1) is 17.1. The van der Waals surface area contributed by atoms with Crippen LogP contribution in [0.25, 0.3) is 11.0 Å². The number of nitrogens with one attached hydrogen (secondary N) is 1. The number of halogens is 1. The Bertz CT molecular complexity index is 925. The van der Waals surface area contributed by atoms with Crippen LogP contribution < -0.4 is 10.6 Å². The monoisotopic (exact) mass is 371 g/mol. The smallest absolute Gasteiger partial charge is 0.326 e. The summed E-state index contributed by atoms with van der Waals surface area (Å²) < 4.78 is 1.84. The average molecular weight is 372 g/mol. The van der Waals surface area contributed by atoms with Crippen molar-refractivity contribution in [1.82, 2.24) is 19.4 Å². The van der Waals surface area contributed by atoms with Crippen molar-refractivity contribution in [1.29, 1.82) is 0 Å². The van der Waals surface area contributed by atoms with Crippen molar-refractivity contribution >= 4 is 28.5 Å². The zero-order valence-corrected chi connectivity index (χ0v) is 15.3. The summed E-state index contributed by atoms with van der Waals surface area (Å²) >= 11 is 5.91. The third-order valence-electron chi connectivity index (χ3n) is 4.95. The Morgan fingerprint density at radius 1 is 1.04 bits per heavy atom. The molecule has 1 aliphatic heterocycles. The quantitative estimate of drug-likeness (QED) is 0.749. The Kier molecular flexibility index (Phi) is 4.95. The minimum absolute atomic E-state index is 0.0233. The third-order valence-corrected chi connectivity index (χ3v) is 5.17. The molecule has 1 fully saturated rings. The minimum Gasteiger partial charge on any atom is -0.354 e. The molecule has 1 saturated heterocycles. The largest absolute Gasteiger partial charge is 0.354 e. The standard InChI is InChI=1S/C19H22ClN5O/c20-15-6-7-18(21-14-15)24-12-10-23(11-13-24)8-3-9-25-17-5-2-1-4-16(17)22-19(25)26/h1-2,4-7,14H,3,8-13H2,(H,22,26). The number of H-pyrrole nitrogens is 1. The van der Waals surface area contributed by atoms with Gasteiger partial charge in [0.25, 0.3) is 0 Å². The summed E-state index contributed by atoms with van der Waals surface area (Å²) in [6.45, 7) is 5.67. The molecule has 0 radical (unpaired) electrons.